The molecule has 0 bridgehead atoms. The molecule has 29 heavy (non-hydrogen) atoms. The van der Waals surface area contributed by atoms with Crippen LogP contribution in [0.3, 0.4) is 0 Å². The van der Waals surface area contributed by atoms with Crippen LogP contribution in [0.15, 0.2) is 46.8 Å². The van der Waals surface area contributed by atoms with Crippen molar-refractivity contribution in [1.82, 2.24) is 5.32 Å². The molecule has 158 valence electrons. The molecule has 2 heterocycles. The summed E-state index contributed by atoms with van der Waals surface area (Å²) in [5.74, 6) is -0.201. The molecule has 1 amide bonds. The second kappa shape index (κ2) is 11.0. The van der Waals surface area contributed by atoms with Gasteiger partial charge in [-0.2, -0.15) is 0 Å². The van der Waals surface area contributed by atoms with Crippen molar-refractivity contribution < 1.29 is 33.3 Å². The number of allylic oxidation sites excluding steroid dienone is 1. The number of hydrogen-bond donors (Lipinski definition) is 2. The lowest BCUT2D eigenvalue weighted by molar-refractivity contribution is -0.151. The van der Waals surface area contributed by atoms with Gasteiger partial charge in [0.15, 0.2) is 5.76 Å². The van der Waals surface area contributed by atoms with Gasteiger partial charge in [-0.15, -0.1) is 0 Å². The minimum Gasteiger partial charge on any atom is -0.464 e. The number of nitrogens with one attached hydrogen (secondary N) is 1. The number of rotatable bonds is 11. The Balaban J connectivity index is 1.73. The molecule has 3 rings (SSSR count). The molecular formula is C21H27NO7. The smallest absolute Gasteiger partial charge is 0.286 e. The Morgan fingerprint density at radius 2 is 2.10 bits per heavy atom. The summed E-state index contributed by atoms with van der Waals surface area (Å²) in [6, 6.07) is 7.78. The van der Waals surface area contributed by atoms with Crippen LogP contribution in [0.4, 0.5) is 0 Å². The van der Waals surface area contributed by atoms with Crippen molar-refractivity contribution >= 4 is 16.9 Å². The number of amides is 1. The van der Waals surface area contributed by atoms with Gasteiger partial charge in [-0.1, -0.05) is 18.2 Å². The number of aliphatic hydroxyl groups is 1. The Labute approximate surface area is 169 Å². The normalized spacial score (nSPS) is 19.0. The third-order valence-electron chi connectivity index (χ3n) is 4.55. The fraction of sp³-hybridized carbons (Fsp3) is 0.476. The zero-order valence-corrected chi connectivity index (χ0v) is 16.5. The van der Waals surface area contributed by atoms with Crippen LogP contribution in [0.5, 0.6) is 0 Å². The molecule has 1 aromatic carbocycles. The molecule has 1 aromatic heterocycles. The van der Waals surface area contributed by atoms with Gasteiger partial charge in [0.2, 0.25) is 6.29 Å². The fourth-order valence-corrected chi connectivity index (χ4v) is 3.18. The third-order valence-corrected chi connectivity index (χ3v) is 4.55. The molecule has 8 nitrogen and oxygen atoms in total. The Hall–Kier alpha value is -2.39. The van der Waals surface area contributed by atoms with Gasteiger partial charge in [-0.3, -0.25) is 4.79 Å². The fourth-order valence-electron chi connectivity index (χ4n) is 3.18. The first-order chi connectivity index (χ1) is 14.2. The lowest BCUT2D eigenvalue weighted by Crippen LogP contribution is -2.34. The number of carbonyl (C=O) groups is 1. The van der Waals surface area contributed by atoms with E-state index in [4.69, 9.17) is 28.5 Å². The maximum atomic E-state index is 12.5. The highest BCUT2D eigenvalue weighted by Gasteiger charge is 2.30. The van der Waals surface area contributed by atoms with Crippen LogP contribution in [0.25, 0.3) is 11.0 Å². The molecule has 0 unspecified atom stereocenters. The van der Waals surface area contributed by atoms with E-state index in [0.29, 0.717) is 32.8 Å². The van der Waals surface area contributed by atoms with Gasteiger partial charge < -0.3 is 33.8 Å². The maximum absolute atomic E-state index is 12.5. The minimum absolute atomic E-state index is 0.0376. The summed E-state index contributed by atoms with van der Waals surface area (Å²) < 4.78 is 27.4. The van der Waals surface area contributed by atoms with E-state index in [1.165, 1.54) is 0 Å². The lowest BCUT2D eigenvalue weighted by Gasteiger charge is -2.29. The summed E-state index contributed by atoms with van der Waals surface area (Å²) >= 11 is 0. The zero-order valence-electron chi connectivity index (χ0n) is 16.5. The Kier molecular flexibility index (Phi) is 8.06. The summed E-state index contributed by atoms with van der Waals surface area (Å²) in [6.45, 7) is 1.64. The van der Waals surface area contributed by atoms with Crippen LogP contribution in [0.1, 0.15) is 17.9 Å². The van der Waals surface area contributed by atoms with E-state index in [9.17, 15) is 4.79 Å². The SMILES string of the molecule is COCCNC(=O)C1=C[C@@H](c2coc3ccccc23)C[C@@H](OCCOCCO)O1. The molecule has 0 aliphatic carbocycles. The molecule has 2 N–H and O–H groups in total. The maximum Gasteiger partial charge on any atom is 0.286 e. The van der Waals surface area contributed by atoms with E-state index in [2.05, 4.69) is 5.32 Å². The van der Waals surface area contributed by atoms with Crippen molar-refractivity contribution in [2.45, 2.75) is 18.6 Å². The van der Waals surface area contributed by atoms with E-state index in [1.807, 2.05) is 30.3 Å². The van der Waals surface area contributed by atoms with Crippen LogP contribution in [0, 0.1) is 0 Å². The number of benzene rings is 1. The Morgan fingerprint density at radius 1 is 1.24 bits per heavy atom. The van der Waals surface area contributed by atoms with E-state index in [0.717, 1.165) is 16.5 Å². The highest BCUT2D eigenvalue weighted by Crippen LogP contribution is 2.36. The predicted molar refractivity (Wildman–Crippen MR) is 105 cm³/mol. The van der Waals surface area contributed by atoms with Gasteiger partial charge in [0, 0.05) is 36.9 Å². The third kappa shape index (κ3) is 5.80. The standard InChI is InChI=1S/C21H27NO7/c1-25-8-6-22-21(24)19-12-15(13-20(29-19)27-11-10-26-9-7-23)17-14-28-18-5-3-2-4-16(17)18/h2-5,12,14-15,20,23H,6-11,13H2,1H3,(H,22,24)/t15-,20+/m1/s1. The van der Waals surface area contributed by atoms with Crippen LogP contribution in [-0.4, -0.2) is 64.0 Å². The van der Waals surface area contributed by atoms with Crippen molar-refractivity contribution in [3.8, 4) is 0 Å². The van der Waals surface area contributed by atoms with Crippen molar-refractivity contribution in [3.05, 3.63) is 47.9 Å². The second-order valence-corrected chi connectivity index (χ2v) is 6.56. The monoisotopic (exact) mass is 405 g/mol. The van der Waals surface area contributed by atoms with Crippen LogP contribution in [-0.2, 0) is 23.7 Å². The van der Waals surface area contributed by atoms with Crippen molar-refractivity contribution in [2.24, 2.45) is 0 Å². The number of para-hydroxylation sites is 1. The first-order valence-corrected chi connectivity index (χ1v) is 9.65. The summed E-state index contributed by atoms with van der Waals surface area (Å²) in [5, 5.41) is 12.5. The molecule has 1 aliphatic rings. The average molecular weight is 405 g/mol. The molecule has 0 radical (unpaired) electrons. The first kappa shape index (κ1) is 21.3. The Morgan fingerprint density at radius 3 is 2.93 bits per heavy atom. The van der Waals surface area contributed by atoms with Gasteiger partial charge in [0.1, 0.15) is 5.58 Å². The lowest BCUT2D eigenvalue weighted by atomic mass is 9.92. The highest BCUT2D eigenvalue weighted by molar-refractivity contribution is 5.92. The molecule has 1 aliphatic heterocycles. The molecule has 0 saturated carbocycles. The molecule has 8 heteroatoms. The van der Waals surface area contributed by atoms with E-state index >= 15 is 0 Å². The van der Waals surface area contributed by atoms with Crippen molar-refractivity contribution in [3.63, 3.8) is 0 Å². The van der Waals surface area contributed by atoms with Gasteiger partial charge in [-0.25, -0.2) is 0 Å². The molecule has 2 atom stereocenters. The number of ether oxygens (including phenoxy) is 4. The topological polar surface area (TPSA) is 99.4 Å². The van der Waals surface area contributed by atoms with E-state index in [-0.39, 0.29) is 30.8 Å². The minimum atomic E-state index is -0.598. The summed E-state index contributed by atoms with van der Waals surface area (Å²) in [7, 11) is 1.57. The van der Waals surface area contributed by atoms with Gasteiger partial charge in [-0.05, 0) is 12.1 Å². The van der Waals surface area contributed by atoms with Gasteiger partial charge in [0.05, 0.1) is 39.3 Å². The number of carbonyl (C=O) groups excluding carboxylic acids is 1. The number of hydrogen-bond acceptors (Lipinski definition) is 7. The van der Waals surface area contributed by atoms with Crippen LogP contribution in [0.2, 0.25) is 0 Å². The predicted octanol–water partition coefficient (Wildman–Crippen LogP) is 1.93. The molecule has 0 spiro atoms. The van der Waals surface area contributed by atoms with Gasteiger partial charge in [0.25, 0.3) is 5.91 Å². The van der Waals surface area contributed by atoms with Crippen LogP contribution >= 0.6 is 0 Å². The summed E-state index contributed by atoms with van der Waals surface area (Å²) in [6.07, 6.45) is 3.47. The molecule has 0 fully saturated rings. The molecule has 0 saturated heterocycles. The van der Waals surface area contributed by atoms with E-state index < -0.39 is 6.29 Å². The Bertz CT molecular complexity index is 816. The number of furan rings is 1. The molecule has 2 aromatic rings. The number of aliphatic hydroxyl groups excluding tert-OH is 1. The number of methoxy groups -OCH3 is 1. The quantitative estimate of drug-likeness (QED) is 0.551. The second-order valence-electron chi connectivity index (χ2n) is 6.56. The van der Waals surface area contributed by atoms with Crippen molar-refractivity contribution in [2.75, 3.05) is 46.7 Å². The summed E-state index contributed by atoms with van der Waals surface area (Å²) in [5.41, 5.74) is 1.78. The largest absolute Gasteiger partial charge is 0.464 e. The molecular weight excluding hydrogens is 378 g/mol. The van der Waals surface area contributed by atoms with Crippen molar-refractivity contribution in [1.29, 1.82) is 0 Å². The average Bonchev–Trinajstić information content (AvgIpc) is 3.18. The number of fused-ring (bicyclic) bond motifs is 1. The summed E-state index contributed by atoms with van der Waals surface area (Å²) in [4.78, 5) is 12.5. The highest BCUT2D eigenvalue weighted by atomic mass is 16.7. The zero-order chi connectivity index (χ0) is 20.5. The van der Waals surface area contributed by atoms with Gasteiger partial charge >= 0.3 is 0 Å². The van der Waals surface area contributed by atoms with E-state index in [1.54, 1.807) is 13.4 Å². The van der Waals surface area contributed by atoms with Crippen LogP contribution < -0.4 is 5.32 Å². The first-order valence-electron chi connectivity index (χ1n) is 9.65.